The number of benzene rings is 1. The Morgan fingerprint density at radius 1 is 1.24 bits per heavy atom. The van der Waals surface area contributed by atoms with Gasteiger partial charge < -0.3 is 10.1 Å². The molecule has 0 aromatic heterocycles. The minimum Gasteiger partial charge on any atom is -0.463 e. The quantitative estimate of drug-likeness (QED) is 0.627. The average Bonchev–Trinajstić information content (AvgIpc) is 2.36. The van der Waals surface area contributed by atoms with Gasteiger partial charge in [-0.3, -0.25) is 0 Å². The fraction of sp³-hybridized carbons (Fsp3) is 0.357. The summed E-state index contributed by atoms with van der Waals surface area (Å²) < 4.78 is 4.94. The molecule has 0 bridgehead atoms. The van der Waals surface area contributed by atoms with Crippen LogP contribution in [-0.4, -0.2) is 12.6 Å². The van der Waals surface area contributed by atoms with Gasteiger partial charge in [0, 0.05) is 12.2 Å². The highest BCUT2D eigenvalue weighted by atomic mass is 16.5. The van der Waals surface area contributed by atoms with Gasteiger partial charge in [0.1, 0.15) is 0 Å². The molecular formula is C14H19NO2. The molecule has 3 heteroatoms. The molecule has 0 aliphatic rings. The van der Waals surface area contributed by atoms with Gasteiger partial charge in [0.15, 0.2) is 0 Å². The Balaban J connectivity index is 2.56. The molecule has 0 aliphatic heterocycles. The molecular weight excluding hydrogens is 214 g/mol. The van der Waals surface area contributed by atoms with Crippen LogP contribution >= 0.6 is 0 Å². The van der Waals surface area contributed by atoms with E-state index in [0.717, 1.165) is 5.70 Å². The van der Waals surface area contributed by atoms with Crippen LogP contribution in [0.1, 0.15) is 26.3 Å². The van der Waals surface area contributed by atoms with E-state index in [1.807, 2.05) is 37.3 Å². The van der Waals surface area contributed by atoms with Gasteiger partial charge >= 0.3 is 5.97 Å². The number of allylic oxidation sites excluding steroid dienone is 1. The zero-order chi connectivity index (χ0) is 12.7. The molecule has 1 N–H and O–H groups in total. The van der Waals surface area contributed by atoms with Crippen molar-refractivity contribution in [1.29, 1.82) is 0 Å². The fourth-order valence-corrected chi connectivity index (χ4v) is 1.36. The van der Waals surface area contributed by atoms with Crippen LogP contribution < -0.4 is 5.32 Å². The molecule has 0 spiro atoms. The van der Waals surface area contributed by atoms with Crippen molar-refractivity contribution in [1.82, 2.24) is 5.32 Å². The van der Waals surface area contributed by atoms with Crippen LogP contribution in [0, 0.1) is 0 Å². The Labute approximate surface area is 102 Å². The van der Waals surface area contributed by atoms with Crippen molar-refractivity contribution in [3.05, 3.63) is 47.2 Å². The van der Waals surface area contributed by atoms with E-state index in [-0.39, 0.29) is 5.97 Å². The van der Waals surface area contributed by atoms with Gasteiger partial charge in [-0.25, -0.2) is 4.79 Å². The van der Waals surface area contributed by atoms with Crippen molar-refractivity contribution in [2.75, 3.05) is 6.61 Å². The molecule has 92 valence electrons. The Morgan fingerprint density at radius 2 is 1.88 bits per heavy atom. The zero-order valence-electron chi connectivity index (χ0n) is 10.6. The van der Waals surface area contributed by atoms with Gasteiger partial charge in [0.2, 0.25) is 0 Å². The normalized spacial score (nSPS) is 11.7. The van der Waals surface area contributed by atoms with E-state index >= 15 is 0 Å². The standard InChI is InChI=1S/C14H19NO2/c1-4-17-14(16)11(2)12(3)15-10-13-8-6-5-7-9-13/h5-9,15H,4,10H2,1-3H3/b12-11+. The highest BCUT2D eigenvalue weighted by Crippen LogP contribution is 2.05. The summed E-state index contributed by atoms with van der Waals surface area (Å²) in [6.07, 6.45) is 0. The number of esters is 1. The van der Waals surface area contributed by atoms with Crippen molar-refractivity contribution in [2.45, 2.75) is 27.3 Å². The molecule has 0 aliphatic carbocycles. The zero-order valence-corrected chi connectivity index (χ0v) is 10.6. The number of carbonyl (C=O) groups excluding carboxylic acids is 1. The summed E-state index contributed by atoms with van der Waals surface area (Å²) in [5, 5.41) is 3.22. The predicted molar refractivity (Wildman–Crippen MR) is 68.3 cm³/mol. The van der Waals surface area contributed by atoms with Crippen molar-refractivity contribution in [2.24, 2.45) is 0 Å². The number of carbonyl (C=O) groups is 1. The Bertz CT molecular complexity index is 396. The Morgan fingerprint density at radius 3 is 2.47 bits per heavy atom. The van der Waals surface area contributed by atoms with E-state index in [1.54, 1.807) is 13.8 Å². The third kappa shape index (κ3) is 4.31. The molecule has 0 fully saturated rings. The maximum Gasteiger partial charge on any atom is 0.335 e. The van der Waals surface area contributed by atoms with E-state index in [0.29, 0.717) is 18.7 Å². The van der Waals surface area contributed by atoms with Crippen LogP contribution in [0.4, 0.5) is 0 Å². The lowest BCUT2D eigenvalue weighted by Gasteiger charge is -2.10. The van der Waals surface area contributed by atoms with E-state index < -0.39 is 0 Å². The van der Waals surface area contributed by atoms with Crippen LogP contribution in [0.15, 0.2) is 41.6 Å². The van der Waals surface area contributed by atoms with Crippen LogP contribution in [0.25, 0.3) is 0 Å². The van der Waals surface area contributed by atoms with Gasteiger partial charge in [-0.05, 0) is 26.3 Å². The van der Waals surface area contributed by atoms with Gasteiger partial charge in [-0.2, -0.15) is 0 Å². The molecule has 0 saturated carbocycles. The summed E-state index contributed by atoms with van der Waals surface area (Å²) in [4.78, 5) is 11.5. The van der Waals surface area contributed by atoms with Crippen LogP contribution in [0.5, 0.6) is 0 Å². The van der Waals surface area contributed by atoms with E-state index in [2.05, 4.69) is 5.32 Å². The summed E-state index contributed by atoms with van der Waals surface area (Å²) in [5.41, 5.74) is 2.67. The summed E-state index contributed by atoms with van der Waals surface area (Å²) >= 11 is 0. The summed E-state index contributed by atoms with van der Waals surface area (Å²) in [6.45, 7) is 6.57. The molecule has 17 heavy (non-hydrogen) atoms. The topological polar surface area (TPSA) is 38.3 Å². The minimum atomic E-state index is -0.259. The molecule has 0 saturated heterocycles. The molecule has 0 amide bonds. The third-order valence-electron chi connectivity index (χ3n) is 2.54. The first kappa shape index (κ1) is 13.3. The summed E-state index contributed by atoms with van der Waals surface area (Å²) in [6, 6.07) is 10.1. The molecule has 0 atom stereocenters. The summed E-state index contributed by atoms with van der Waals surface area (Å²) in [7, 11) is 0. The van der Waals surface area contributed by atoms with Crippen LogP contribution in [-0.2, 0) is 16.1 Å². The Hall–Kier alpha value is -1.77. The van der Waals surface area contributed by atoms with Gasteiger partial charge in [0.05, 0.1) is 12.2 Å². The first-order valence-electron chi connectivity index (χ1n) is 5.77. The monoisotopic (exact) mass is 233 g/mol. The minimum absolute atomic E-state index is 0.259. The number of rotatable bonds is 5. The molecule has 3 nitrogen and oxygen atoms in total. The number of nitrogens with one attached hydrogen (secondary N) is 1. The lowest BCUT2D eigenvalue weighted by atomic mass is 10.2. The number of hydrogen-bond donors (Lipinski definition) is 1. The lowest BCUT2D eigenvalue weighted by molar-refractivity contribution is -0.138. The van der Waals surface area contributed by atoms with Crippen LogP contribution in [0.3, 0.4) is 0 Å². The van der Waals surface area contributed by atoms with Crippen molar-refractivity contribution in [3.63, 3.8) is 0 Å². The van der Waals surface area contributed by atoms with E-state index in [9.17, 15) is 4.79 Å². The maximum absolute atomic E-state index is 11.5. The molecule has 1 rings (SSSR count). The average molecular weight is 233 g/mol. The van der Waals surface area contributed by atoms with Crippen molar-refractivity contribution < 1.29 is 9.53 Å². The number of hydrogen-bond acceptors (Lipinski definition) is 3. The molecule has 1 aromatic rings. The van der Waals surface area contributed by atoms with Gasteiger partial charge in [-0.15, -0.1) is 0 Å². The van der Waals surface area contributed by atoms with E-state index in [4.69, 9.17) is 4.74 Å². The van der Waals surface area contributed by atoms with Crippen molar-refractivity contribution >= 4 is 5.97 Å². The lowest BCUT2D eigenvalue weighted by Crippen LogP contribution is -2.16. The largest absolute Gasteiger partial charge is 0.463 e. The number of ether oxygens (including phenoxy) is 1. The van der Waals surface area contributed by atoms with Gasteiger partial charge in [-0.1, -0.05) is 30.3 Å². The molecule has 1 aromatic carbocycles. The predicted octanol–water partition coefficient (Wildman–Crippen LogP) is 2.63. The summed E-state index contributed by atoms with van der Waals surface area (Å²) in [5.74, 6) is -0.259. The third-order valence-corrected chi connectivity index (χ3v) is 2.54. The highest BCUT2D eigenvalue weighted by molar-refractivity contribution is 5.88. The second-order valence-corrected chi connectivity index (χ2v) is 3.81. The van der Waals surface area contributed by atoms with E-state index in [1.165, 1.54) is 5.56 Å². The fourth-order valence-electron chi connectivity index (χ4n) is 1.36. The SMILES string of the molecule is CCOC(=O)/C(C)=C(\C)NCc1ccccc1. The molecule has 0 unspecified atom stereocenters. The van der Waals surface area contributed by atoms with Crippen LogP contribution in [0.2, 0.25) is 0 Å². The van der Waals surface area contributed by atoms with Crippen molar-refractivity contribution in [3.8, 4) is 0 Å². The second kappa shape index (κ2) is 6.74. The second-order valence-electron chi connectivity index (χ2n) is 3.81. The highest BCUT2D eigenvalue weighted by Gasteiger charge is 2.07. The Kier molecular flexibility index (Phi) is 5.27. The molecule has 0 radical (unpaired) electrons. The first-order valence-corrected chi connectivity index (χ1v) is 5.77. The maximum atomic E-state index is 11.5. The smallest absolute Gasteiger partial charge is 0.335 e. The van der Waals surface area contributed by atoms with Gasteiger partial charge in [0.25, 0.3) is 0 Å². The molecule has 0 heterocycles. The first-order chi connectivity index (χ1) is 8.15.